The average Bonchev–Trinajstić information content (AvgIpc) is 2.61. The molecule has 0 fully saturated rings. The van der Waals surface area contributed by atoms with Gasteiger partial charge in [-0.1, -0.05) is 37.6 Å². The molecule has 0 bridgehead atoms. The average molecular weight is 438 g/mol. The van der Waals surface area contributed by atoms with Crippen molar-refractivity contribution in [3.63, 3.8) is 0 Å². The Morgan fingerprint density at radius 3 is 2.03 bits per heavy atom. The third kappa shape index (κ3) is 5.10. The molecule has 0 aliphatic rings. The normalized spacial score (nSPS) is 13.6. The summed E-state index contributed by atoms with van der Waals surface area (Å²) in [5.41, 5.74) is 11.7. The summed E-state index contributed by atoms with van der Waals surface area (Å²) in [5, 5.41) is 0.418. The molecule has 8 heteroatoms. The number of nitrogens with two attached hydrogens (primary N) is 2. The SMILES string of the molecule is CC(C)C[C@H](C(N)=O)N(C(C)(C)c1ccc(N)cc1)S(=O)(=O)c1ccc(Cl)cc1. The van der Waals surface area contributed by atoms with Gasteiger partial charge in [0, 0.05) is 10.7 Å². The van der Waals surface area contributed by atoms with Crippen molar-refractivity contribution in [2.75, 3.05) is 5.73 Å². The lowest BCUT2D eigenvalue weighted by atomic mass is 9.91. The summed E-state index contributed by atoms with van der Waals surface area (Å²) in [6, 6.07) is 11.8. The Balaban J connectivity index is 2.72. The Hall–Kier alpha value is -2.09. The number of nitrogens with zero attached hydrogens (tertiary/aromatic N) is 1. The van der Waals surface area contributed by atoms with Gasteiger partial charge in [-0.3, -0.25) is 4.79 Å². The molecule has 0 spiro atoms. The minimum Gasteiger partial charge on any atom is -0.399 e. The van der Waals surface area contributed by atoms with Crippen LogP contribution >= 0.6 is 11.6 Å². The van der Waals surface area contributed by atoms with Gasteiger partial charge in [0.25, 0.3) is 0 Å². The summed E-state index contributed by atoms with van der Waals surface area (Å²) in [4.78, 5) is 12.5. The number of halogens is 1. The van der Waals surface area contributed by atoms with Crippen LogP contribution in [0.1, 0.15) is 39.7 Å². The van der Waals surface area contributed by atoms with Gasteiger partial charge < -0.3 is 11.5 Å². The Bertz CT molecular complexity index is 956. The second-order valence-electron chi connectivity index (χ2n) is 7.98. The highest BCUT2D eigenvalue weighted by atomic mass is 35.5. The zero-order chi connectivity index (χ0) is 22.0. The number of hydrogen-bond acceptors (Lipinski definition) is 4. The summed E-state index contributed by atoms with van der Waals surface area (Å²) < 4.78 is 28.6. The molecule has 0 saturated heterocycles. The van der Waals surface area contributed by atoms with Crippen LogP contribution in [0.25, 0.3) is 0 Å². The minimum absolute atomic E-state index is 0.0421. The van der Waals surface area contributed by atoms with Crippen LogP contribution in [-0.4, -0.2) is 24.7 Å². The van der Waals surface area contributed by atoms with Crippen LogP contribution in [0, 0.1) is 5.92 Å². The predicted molar refractivity (Wildman–Crippen MR) is 117 cm³/mol. The standard InChI is InChI=1S/C21H28ClN3O3S/c1-14(2)13-19(20(24)26)25(21(3,4)15-5-9-17(23)10-6-15)29(27,28)18-11-7-16(22)8-12-18/h5-12,14,19H,13,23H2,1-4H3,(H2,24,26)/t19-/m1/s1. The monoisotopic (exact) mass is 437 g/mol. The van der Waals surface area contributed by atoms with E-state index in [1.165, 1.54) is 28.6 Å². The maximum Gasteiger partial charge on any atom is 0.244 e. The number of carbonyl (C=O) groups is 1. The molecule has 0 saturated carbocycles. The van der Waals surface area contributed by atoms with E-state index in [1.54, 1.807) is 38.1 Å². The maximum atomic E-state index is 13.7. The Morgan fingerprint density at radius 1 is 1.07 bits per heavy atom. The molecule has 1 amide bonds. The molecule has 6 nitrogen and oxygen atoms in total. The van der Waals surface area contributed by atoms with E-state index in [4.69, 9.17) is 23.1 Å². The summed E-state index contributed by atoms with van der Waals surface area (Å²) in [6.07, 6.45) is 0.292. The van der Waals surface area contributed by atoms with Crippen molar-refractivity contribution in [1.82, 2.24) is 4.31 Å². The quantitative estimate of drug-likeness (QED) is 0.613. The van der Waals surface area contributed by atoms with Gasteiger partial charge in [-0.25, -0.2) is 8.42 Å². The molecule has 1 atom stereocenters. The lowest BCUT2D eigenvalue weighted by Gasteiger charge is -2.42. The third-order valence-corrected chi connectivity index (χ3v) is 7.19. The molecular weight excluding hydrogens is 410 g/mol. The van der Waals surface area contributed by atoms with Crippen LogP contribution in [0.3, 0.4) is 0 Å². The zero-order valence-electron chi connectivity index (χ0n) is 17.1. The number of anilines is 1. The first-order valence-electron chi connectivity index (χ1n) is 9.32. The van der Waals surface area contributed by atoms with Gasteiger partial charge in [-0.2, -0.15) is 4.31 Å². The molecule has 0 heterocycles. The van der Waals surface area contributed by atoms with Crippen molar-refractivity contribution in [2.45, 2.75) is 50.6 Å². The lowest BCUT2D eigenvalue weighted by molar-refractivity contribution is -0.123. The molecule has 0 aliphatic carbocycles. The first-order chi connectivity index (χ1) is 13.4. The molecule has 0 radical (unpaired) electrons. The Kier molecular flexibility index (Phi) is 6.98. The number of amides is 1. The van der Waals surface area contributed by atoms with Crippen molar-refractivity contribution in [3.8, 4) is 0 Å². The van der Waals surface area contributed by atoms with E-state index in [9.17, 15) is 13.2 Å². The van der Waals surface area contributed by atoms with Gasteiger partial charge in [0.2, 0.25) is 15.9 Å². The van der Waals surface area contributed by atoms with Crippen LogP contribution in [0.5, 0.6) is 0 Å². The lowest BCUT2D eigenvalue weighted by Crippen LogP contribution is -2.56. The van der Waals surface area contributed by atoms with E-state index in [0.717, 1.165) is 0 Å². The van der Waals surface area contributed by atoms with E-state index >= 15 is 0 Å². The van der Waals surface area contributed by atoms with Gasteiger partial charge in [-0.05, 0) is 68.1 Å². The van der Waals surface area contributed by atoms with Crippen LogP contribution in [-0.2, 0) is 20.4 Å². The summed E-state index contributed by atoms with van der Waals surface area (Å²) in [6.45, 7) is 7.34. The molecule has 0 aromatic heterocycles. The molecule has 2 rings (SSSR count). The van der Waals surface area contributed by atoms with E-state index in [-0.39, 0.29) is 10.8 Å². The van der Waals surface area contributed by atoms with Gasteiger partial charge in [0.15, 0.2) is 0 Å². The summed E-state index contributed by atoms with van der Waals surface area (Å²) >= 11 is 5.93. The molecule has 158 valence electrons. The van der Waals surface area contributed by atoms with Crippen molar-refractivity contribution in [2.24, 2.45) is 11.7 Å². The number of nitrogen functional groups attached to an aromatic ring is 1. The largest absolute Gasteiger partial charge is 0.399 e. The van der Waals surface area contributed by atoms with Gasteiger partial charge >= 0.3 is 0 Å². The van der Waals surface area contributed by atoms with Crippen molar-refractivity contribution >= 4 is 33.2 Å². The fourth-order valence-electron chi connectivity index (χ4n) is 3.37. The zero-order valence-corrected chi connectivity index (χ0v) is 18.7. The van der Waals surface area contributed by atoms with Crippen LogP contribution < -0.4 is 11.5 Å². The molecule has 0 aliphatic heterocycles. The number of hydrogen-bond donors (Lipinski definition) is 2. The second-order valence-corrected chi connectivity index (χ2v) is 10.2. The molecule has 0 unspecified atom stereocenters. The number of primary amides is 1. The molecule has 4 N–H and O–H groups in total. The number of carbonyl (C=O) groups excluding carboxylic acids is 1. The van der Waals surface area contributed by atoms with Crippen molar-refractivity contribution in [1.29, 1.82) is 0 Å². The third-order valence-electron chi connectivity index (χ3n) is 4.84. The first-order valence-corrected chi connectivity index (χ1v) is 11.1. The highest BCUT2D eigenvalue weighted by Gasteiger charge is 2.45. The van der Waals surface area contributed by atoms with Gasteiger partial charge in [0.1, 0.15) is 6.04 Å². The van der Waals surface area contributed by atoms with Crippen LogP contribution in [0.15, 0.2) is 53.4 Å². The van der Waals surface area contributed by atoms with Gasteiger partial charge in [0.05, 0.1) is 10.4 Å². The number of sulfonamides is 1. The molecule has 2 aromatic carbocycles. The second kappa shape index (κ2) is 8.73. The number of benzene rings is 2. The summed E-state index contributed by atoms with van der Waals surface area (Å²) in [5.74, 6) is -0.641. The first kappa shape index (κ1) is 23.2. The van der Waals surface area contributed by atoms with Crippen molar-refractivity contribution in [3.05, 3.63) is 59.1 Å². The minimum atomic E-state index is -4.08. The maximum absolute atomic E-state index is 13.7. The molecule has 2 aromatic rings. The fourth-order valence-corrected chi connectivity index (χ4v) is 5.43. The van der Waals surface area contributed by atoms with Crippen LogP contribution in [0.2, 0.25) is 5.02 Å². The van der Waals surface area contributed by atoms with Crippen molar-refractivity contribution < 1.29 is 13.2 Å². The van der Waals surface area contributed by atoms with Gasteiger partial charge in [-0.15, -0.1) is 0 Å². The Morgan fingerprint density at radius 2 is 1.59 bits per heavy atom. The van der Waals surface area contributed by atoms with Crippen LogP contribution in [0.4, 0.5) is 5.69 Å². The predicted octanol–water partition coefficient (Wildman–Crippen LogP) is 3.75. The smallest absolute Gasteiger partial charge is 0.244 e. The highest BCUT2D eigenvalue weighted by Crippen LogP contribution is 2.37. The highest BCUT2D eigenvalue weighted by molar-refractivity contribution is 7.89. The van der Waals surface area contributed by atoms with E-state index in [0.29, 0.717) is 22.7 Å². The van der Waals surface area contributed by atoms with E-state index in [2.05, 4.69) is 0 Å². The fraction of sp³-hybridized carbons (Fsp3) is 0.381. The van der Waals surface area contributed by atoms with E-state index < -0.39 is 27.5 Å². The topological polar surface area (TPSA) is 106 Å². The summed E-state index contributed by atoms with van der Waals surface area (Å²) in [7, 11) is -4.08. The molecular formula is C21H28ClN3O3S. The number of rotatable bonds is 8. The Labute approximate surface area is 177 Å². The molecule has 29 heavy (non-hydrogen) atoms. The van der Waals surface area contributed by atoms with E-state index in [1.807, 2.05) is 13.8 Å².